The first kappa shape index (κ1) is 16.8. The Balaban J connectivity index is 1.94. The zero-order valence-corrected chi connectivity index (χ0v) is 13.7. The predicted molar refractivity (Wildman–Crippen MR) is 93.5 cm³/mol. The number of nitrogens with zero attached hydrogens (tertiary/aromatic N) is 2. The lowest BCUT2D eigenvalue weighted by Crippen LogP contribution is -2.13. The van der Waals surface area contributed by atoms with Gasteiger partial charge >= 0.3 is 0 Å². The molecule has 0 aliphatic carbocycles. The smallest absolute Gasteiger partial charge is 0.293 e. The number of nitro benzene ring substituents is 1. The van der Waals surface area contributed by atoms with E-state index in [2.05, 4.69) is 10.3 Å². The highest BCUT2D eigenvalue weighted by Gasteiger charge is 2.19. The third kappa shape index (κ3) is 3.57. The molecule has 3 rings (SSSR count). The number of benzene rings is 2. The van der Waals surface area contributed by atoms with Crippen molar-refractivity contribution >= 4 is 32.3 Å². The molecule has 9 heteroatoms. The second-order valence-electron chi connectivity index (χ2n) is 5.33. The van der Waals surface area contributed by atoms with E-state index < -0.39 is 14.9 Å². The van der Waals surface area contributed by atoms with Crippen molar-refractivity contribution in [3.8, 4) is 0 Å². The number of nitro groups is 1. The quantitative estimate of drug-likeness (QED) is 0.532. The zero-order chi connectivity index (χ0) is 18.0. The molecule has 0 aliphatic rings. The number of fused-ring (bicyclic) bond motifs is 1. The molecule has 0 unspecified atom stereocenters. The highest BCUT2D eigenvalue weighted by molar-refractivity contribution is 7.89. The Kier molecular flexibility index (Phi) is 4.34. The van der Waals surface area contributed by atoms with Crippen LogP contribution in [0.25, 0.3) is 10.9 Å². The summed E-state index contributed by atoms with van der Waals surface area (Å²) < 4.78 is 22.7. The highest BCUT2D eigenvalue weighted by atomic mass is 32.2. The first-order valence-electron chi connectivity index (χ1n) is 7.24. The molecule has 3 aromatic rings. The van der Waals surface area contributed by atoms with E-state index >= 15 is 0 Å². The Hall–Kier alpha value is -3.04. The van der Waals surface area contributed by atoms with Gasteiger partial charge in [-0.1, -0.05) is 24.3 Å². The lowest BCUT2D eigenvalue weighted by Gasteiger charge is -2.10. The molecule has 3 N–H and O–H groups in total. The van der Waals surface area contributed by atoms with Gasteiger partial charge in [0, 0.05) is 24.2 Å². The number of nitrogens with two attached hydrogens (primary N) is 1. The summed E-state index contributed by atoms with van der Waals surface area (Å²) in [7, 11) is -4.01. The molecule has 2 aromatic carbocycles. The van der Waals surface area contributed by atoms with Crippen LogP contribution in [0.2, 0.25) is 0 Å². The van der Waals surface area contributed by atoms with Gasteiger partial charge in [-0.3, -0.25) is 15.1 Å². The van der Waals surface area contributed by atoms with E-state index in [-0.39, 0.29) is 16.3 Å². The van der Waals surface area contributed by atoms with Gasteiger partial charge in [0.2, 0.25) is 10.0 Å². The van der Waals surface area contributed by atoms with Gasteiger partial charge in [0.25, 0.3) is 5.69 Å². The van der Waals surface area contributed by atoms with Crippen LogP contribution in [-0.4, -0.2) is 18.3 Å². The van der Waals surface area contributed by atoms with E-state index in [1.165, 1.54) is 12.1 Å². The van der Waals surface area contributed by atoms with Gasteiger partial charge in [-0.15, -0.1) is 0 Å². The summed E-state index contributed by atoms with van der Waals surface area (Å²) in [6.07, 6.45) is 1.68. The topological polar surface area (TPSA) is 128 Å². The fourth-order valence-electron chi connectivity index (χ4n) is 2.49. The number of anilines is 1. The van der Waals surface area contributed by atoms with Crippen LogP contribution in [0.5, 0.6) is 0 Å². The number of nitrogens with one attached hydrogen (secondary N) is 1. The molecule has 1 heterocycles. The van der Waals surface area contributed by atoms with E-state index in [0.717, 1.165) is 22.5 Å². The Morgan fingerprint density at radius 3 is 2.64 bits per heavy atom. The number of hydrogen-bond acceptors (Lipinski definition) is 6. The van der Waals surface area contributed by atoms with E-state index in [9.17, 15) is 18.5 Å². The molecule has 0 atom stereocenters. The van der Waals surface area contributed by atoms with Gasteiger partial charge in [-0.05, 0) is 23.8 Å². The van der Waals surface area contributed by atoms with Gasteiger partial charge < -0.3 is 5.32 Å². The number of sulfonamides is 1. The van der Waals surface area contributed by atoms with Crippen molar-refractivity contribution in [1.29, 1.82) is 0 Å². The van der Waals surface area contributed by atoms with Crippen molar-refractivity contribution in [1.82, 2.24) is 4.98 Å². The molecule has 0 spiro atoms. The average Bonchev–Trinajstić information content (AvgIpc) is 2.58. The largest absolute Gasteiger partial charge is 0.375 e. The van der Waals surface area contributed by atoms with Crippen molar-refractivity contribution in [3.05, 3.63) is 70.4 Å². The molecule has 1 aromatic heterocycles. The van der Waals surface area contributed by atoms with Crippen LogP contribution >= 0.6 is 0 Å². The monoisotopic (exact) mass is 358 g/mol. The molecule has 0 aliphatic heterocycles. The van der Waals surface area contributed by atoms with Crippen LogP contribution in [0.15, 0.2) is 59.6 Å². The predicted octanol–water partition coefficient (Wildman–Crippen LogP) is 2.40. The van der Waals surface area contributed by atoms with Gasteiger partial charge in [0.15, 0.2) is 0 Å². The Morgan fingerprint density at radius 2 is 1.92 bits per heavy atom. The van der Waals surface area contributed by atoms with E-state index in [0.29, 0.717) is 6.54 Å². The summed E-state index contributed by atoms with van der Waals surface area (Å²) in [6.45, 7) is 0.296. The van der Waals surface area contributed by atoms with Gasteiger partial charge in [0.1, 0.15) is 5.69 Å². The number of rotatable bonds is 5. The molecular weight excluding hydrogens is 344 g/mol. The molecule has 128 valence electrons. The maximum absolute atomic E-state index is 11.4. The van der Waals surface area contributed by atoms with Crippen molar-refractivity contribution in [2.75, 3.05) is 5.32 Å². The van der Waals surface area contributed by atoms with Gasteiger partial charge in [-0.25, -0.2) is 13.6 Å². The number of primary sulfonamides is 1. The minimum Gasteiger partial charge on any atom is -0.375 e. The number of pyridine rings is 1. The molecule has 0 radical (unpaired) electrons. The molecule has 0 bridgehead atoms. The highest BCUT2D eigenvalue weighted by Crippen LogP contribution is 2.28. The Bertz CT molecular complexity index is 1060. The second-order valence-corrected chi connectivity index (χ2v) is 6.89. The first-order chi connectivity index (χ1) is 11.9. The van der Waals surface area contributed by atoms with E-state index in [1.54, 1.807) is 6.20 Å². The lowest BCUT2D eigenvalue weighted by molar-refractivity contribution is -0.384. The van der Waals surface area contributed by atoms with Gasteiger partial charge in [0.05, 0.1) is 15.3 Å². The summed E-state index contributed by atoms with van der Waals surface area (Å²) in [6, 6.07) is 12.9. The standard InChI is InChI=1S/C16H14N4O4S/c17-25(23,24)13-6-7-14(15(9-13)20(21)22)19-10-12-4-1-3-11-5-2-8-18-16(11)12/h1-9,19H,10H2,(H2,17,23,24). The summed E-state index contributed by atoms with van der Waals surface area (Å²) in [5, 5.41) is 20.2. The van der Waals surface area contributed by atoms with Crippen molar-refractivity contribution in [3.63, 3.8) is 0 Å². The molecule has 0 saturated heterocycles. The summed E-state index contributed by atoms with van der Waals surface area (Å²) >= 11 is 0. The molecule has 0 saturated carbocycles. The molecule has 0 fully saturated rings. The van der Waals surface area contributed by atoms with Crippen LogP contribution in [-0.2, 0) is 16.6 Å². The van der Waals surface area contributed by atoms with Crippen LogP contribution in [0, 0.1) is 10.1 Å². The molecule has 25 heavy (non-hydrogen) atoms. The fraction of sp³-hybridized carbons (Fsp3) is 0.0625. The number of para-hydroxylation sites is 1. The van der Waals surface area contributed by atoms with E-state index in [4.69, 9.17) is 5.14 Å². The molecule has 0 amide bonds. The molecular formula is C16H14N4O4S. The van der Waals surface area contributed by atoms with Crippen LogP contribution < -0.4 is 10.5 Å². The van der Waals surface area contributed by atoms with Crippen LogP contribution in [0.1, 0.15) is 5.56 Å². The van der Waals surface area contributed by atoms with Crippen LogP contribution in [0.4, 0.5) is 11.4 Å². The van der Waals surface area contributed by atoms with Crippen molar-refractivity contribution < 1.29 is 13.3 Å². The summed E-state index contributed by atoms with van der Waals surface area (Å²) in [4.78, 5) is 14.6. The maximum Gasteiger partial charge on any atom is 0.293 e. The fourth-order valence-corrected chi connectivity index (χ4v) is 3.02. The Morgan fingerprint density at radius 1 is 1.16 bits per heavy atom. The minimum atomic E-state index is -4.01. The number of hydrogen-bond donors (Lipinski definition) is 2. The zero-order valence-electron chi connectivity index (χ0n) is 12.9. The van der Waals surface area contributed by atoms with E-state index in [1.807, 2.05) is 30.3 Å². The SMILES string of the molecule is NS(=O)(=O)c1ccc(NCc2cccc3cccnc23)c([N+](=O)[O-])c1. The van der Waals surface area contributed by atoms with Gasteiger partial charge in [-0.2, -0.15) is 0 Å². The number of aromatic nitrogens is 1. The maximum atomic E-state index is 11.4. The summed E-state index contributed by atoms with van der Waals surface area (Å²) in [5.74, 6) is 0. The third-order valence-corrected chi connectivity index (χ3v) is 4.59. The summed E-state index contributed by atoms with van der Waals surface area (Å²) in [5.41, 5.74) is 1.49. The van der Waals surface area contributed by atoms with Crippen molar-refractivity contribution in [2.24, 2.45) is 5.14 Å². The minimum absolute atomic E-state index is 0.199. The first-order valence-corrected chi connectivity index (χ1v) is 8.78. The Labute approximate surface area is 143 Å². The lowest BCUT2D eigenvalue weighted by atomic mass is 10.1. The van der Waals surface area contributed by atoms with Crippen molar-refractivity contribution in [2.45, 2.75) is 11.4 Å². The second kappa shape index (κ2) is 6.46. The average molecular weight is 358 g/mol. The molecule has 8 nitrogen and oxygen atoms in total. The third-order valence-electron chi connectivity index (χ3n) is 3.68. The van der Waals surface area contributed by atoms with Crippen LogP contribution in [0.3, 0.4) is 0 Å². The normalized spacial score (nSPS) is 11.4.